The fourth-order valence-electron chi connectivity index (χ4n) is 1.47. The lowest BCUT2D eigenvalue weighted by Crippen LogP contribution is -2.17. The van der Waals surface area contributed by atoms with E-state index < -0.39 is 0 Å². The fraction of sp³-hybridized carbons (Fsp3) is 0.833. The minimum absolute atomic E-state index is 0.0330. The van der Waals surface area contributed by atoms with Crippen molar-refractivity contribution in [3.8, 4) is 0 Å². The van der Waals surface area contributed by atoms with E-state index in [0.29, 0.717) is 12.8 Å². The van der Waals surface area contributed by atoms with Gasteiger partial charge in [-0.1, -0.05) is 21.6 Å². The Bertz CT molecular complexity index is 270. The summed E-state index contributed by atoms with van der Waals surface area (Å²) < 4.78 is -0.0659. The van der Waals surface area contributed by atoms with E-state index in [0.717, 1.165) is 0 Å². The number of rotatable bonds is 9. The summed E-state index contributed by atoms with van der Waals surface area (Å²) >= 11 is 0. The van der Waals surface area contributed by atoms with Crippen LogP contribution in [0.4, 0.5) is 0 Å². The first-order valence-corrected chi connectivity index (χ1v) is 10.5. The summed E-state index contributed by atoms with van der Waals surface area (Å²) in [6.45, 7) is 11.6. The van der Waals surface area contributed by atoms with E-state index in [4.69, 9.17) is 0 Å². The maximum atomic E-state index is 11.1. The molecule has 0 heterocycles. The van der Waals surface area contributed by atoms with E-state index in [9.17, 15) is 9.59 Å². The van der Waals surface area contributed by atoms with Crippen LogP contribution in [-0.4, -0.2) is 21.1 Å². The molecular formula is C12H22O2S4. The summed E-state index contributed by atoms with van der Waals surface area (Å²) in [6, 6.07) is 0. The van der Waals surface area contributed by atoms with Gasteiger partial charge in [-0.2, -0.15) is 0 Å². The van der Waals surface area contributed by atoms with Gasteiger partial charge < -0.3 is 0 Å². The Morgan fingerprint density at radius 2 is 1.06 bits per heavy atom. The smallest absolute Gasteiger partial charge is 0.131 e. The van der Waals surface area contributed by atoms with E-state index in [-0.39, 0.29) is 21.1 Å². The summed E-state index contributed by atoms with van der Waals surface area (Å²) in [4.78, 5) is 22.2. The molecule has 0 N–H and O–H groups in total. The average molecular weight is 327 g/mol. The predicted octanol–water partition coefficient (Wildman–Crippen LogP) is 5.18. The zero-order valence-electron chi connectivity index (χ0n) is 11.9. The van der Waals surface area contributed by atoms with E-state index in [1.165, 1.54) is 0 Å². The van der Waals surface area contributed by atoms with Crippen LogP contribution in [0.2, 0.25) is 0 Å². The Hall–Kier alpha value is 0.740. The van der Waals surface area contributed by atoms with Crippen molar-refractivity contribution in [3.05, 3.63) is 0 Å². The molecular weight excluding hydrogens is 304 g/mol. The van der Waals surface area contributed by atoms with Gasteiger partial charge in [0.15, 0.2) is 0 Å². The number of carbonyl (C=O) groups is 2. The fourth-order valence-corrected chi connectivity index (χ4v) is 9.36. The second kappa shape index (κ2) is 8.12. The van der Waals surface area contributed by atoms with Gasteiger partial charge in [0.25, 0.3) is 0 Å². The molecule has 0 unspecified atom stereocenters. The molecule has 0 rings (SSSR count). The molecule has 0 aromatic carbocycles. The molecule has 18 heavy (non-hydrogen) atoms. The standard InChI is InChI=1S/C12H22O2S4/c1-9(13)7-11(3,4)15-17-18-16-12(5,6)8-10(2)14/h7-8H2,1-6H3. The molecule has 0 aromatic heterocycles. The molecule has 0 aliphatic carbocycles. The highest BCUT2D eigenvalue weighted by Gasteiger charge is 2.24. The van der Waals surface area contributed by atoms with Crippen LogP contribution in [-0.2, 0) is 9.59 Å². The van der Waals surface area contributed by atoms with Crippen molar-refractivity contribution in [1.29, 1.82) is 0 Å². The highest BCUT2D eigenvalue weighted by atomic mass is 33.7. The molecule has 0 fully saturated rings. The van der Waals surface area contributed by atoms with Crippen LogP contribution in [0.3, 0.4) is 0 Å². The largest absolute Gasteiger partial charge is 0.300 e. The third-order valence-electron chi connectivity index (χ3n) is 1.90. The summed E-state index contributed by atoms with van der Waals surface area (Å²) in [5.74, 6) is 0.449. The van der Waals surface area contributed by atoms with Crippen LogP contribution in [0.15, 0.2) is 0 Å². The molecule has 0 aliphatic rings. The predicted molar refractivity (Wildman–Crippen MR) is 89.1 cm³/mol. The zero-order chi connectivity index (χ0) is 14.4. The third kappa shape index (κ3) is 10.6. The molecule has 0 aromatic rings. The maximum absolute atomic E-state index is 11.1. The van der Waals surface area contributed by atoms with Gasteiger partial charge in [-0.3, -0.25) is 9.59 Å². The van der Waals surface area contributed by atoms with Gasteiger partial charge in [0, 0.05) is 22.3 Å². The SMILES string of the molecule is CC(=O)CC(C)(C)SSSSC(C)(C)CC(C)=O. The molecule has 0 aliphatic heterocycles. The normalized spacial score (nSPS) is 12.6. The Balaban J connectivity index is 3.92. The van der Waals surface area contributed by atoms with Crippen LogP contribution >= 0.6 is 41.2 Å². The quantitative estimate of drug-likeness (QED) is 0.429. The number of ketones is 2. The Morgan fingerprint density at radius 3 is 1.28 bits per heavy atom. The molecule has 0 spiro atoms. The summed E-state index contributed by atoms with van der Waals surface area (Å²) in [7, 11) is 6.82. The van der Waals surface area contributed by atoms with Crippen molar-refractivity contribution in [2.45, 2.75) is 63.9 Å². The van der Waals surface area contributed by atoms with E-state index >= 15 is 0 Å². The van der Waals surface area contributed by atoms with Gasteiger partial charge in [0.05, 0.1) is 0 Å². The van der Waals surface area contributed by atoms with Gasteiger partial charge in [-0.15, -0.1) is 0 Å². The molecule has 0 bridgehead atoms. The number of Topliss-reactive ketones (excluding diaryl/α,β-unsaturated/α-hetero) is 2. The summed E-state index contributed by atoms with van der Waals surface area (Å²) in [6.07, 6.45) is 1.18. The monoisotopic (exact) mass is 326 g/mol. The van der Waals surface area contributed by atoms with Crippen molar-refractivity contribution >= 4 is 52.8 Å². The van der Waals surface area contributed by atoms with Crippen molar-refractivity contribution in [2.24, 2.45) is 0 Å². The topological polar surface area (TPSA) is 34.1 Å². The van der Waals surface area contributed by atoms with Crippen molar-refractivity contribution in [2.75, 3.05) is 0 Å². The van der Waals surface area contributed by atoms with Crippen molar-refractivity contribution < 1.29 is 9.59 Å². The second-order valence-electron chi connectivity index (χ2n) is 5.58. The van der Waals surface area contributed by atoms with E-state index in [1.54, 1.807) is 55.1 Å². The first-order chi connectivity index (χ1) is 8.04. The number of hydrogen-bond acceptors (Lipinski definition) is 6. The van der Waals surface area contributed by atoms with Crippen LogP contribution < -0.4 is 0 Å². The maximum Gasteiger partial charge on any atom is 0.131 e. The summed E-state index contributed by atoms with van der Waals surface area (Å²) in [5.41, 5.74) is 0. The highest BCUT2D eigenvalue weighted by molar-refractivity contribution is 9.26. The average Bonchev–Trinajstić information content (AvgIpc) is 2.08. The third-order valence-corrected chi connectivity index (χ3v) is 9.79. The first kappa shape index (κ1) is 18.7. The molecule has 0 saturated heterocycles. The molecule has 6 heteroatoms. The van der Waals surface area contributed by atoms with Crippen molar-refractivity contribution in [3.63, 3.8) is 0 Å². The second-order valence-corrected chi connectivity index (χ2v) is 12.7. The van der Waals surface area contributed by atoms with Gasteiger partial charge in [0.1, 0.15) is 11.6 Å². The van der Waals surface area contributed by atoms with E-state index in [2.05, 4.69) is 27.7 Å². The van der Waals surface area contributed by atoms with Gasteiger partial charge in [0.2, 0.25) is 0 Å². The molecule has 0 radical (unpaired) electrons. The minimum Gasteiger partial charge on any atom is -0.300 e. The molecule has 106 valence electrons. The minimum atomic E-state index is -0.0330. The van der Waals surface area contributed by atoms with Crippen LogP contribution in [0.1, 0.15) is 54.4 Å². The Morgan fingerprint density at radius 1 is 0.778 bits per heavy atom. The Kier molecular flexibility index (Phi) is 8.46. The number of hydrogen-bond donors (Lipinski definition) is 0. The lowest BCUT2D eigenvalue weighted by Gasteiger charge is -2.23. The van der Waals surface area contributed by atoms with Gasteiger partial charge in [-0.25, -0.2) is 0 Å². The number of carbonyl (C=O) groups excluding carboxylic acids is 2. The molecule has 0 saturated carbocycles. The van der Waals surface area contributed by atoms with Crippen LogP contribution in [0, 0.1) is 0 Å². The molecule has 0 amide bonds. The summed E-state index contributed by atoms with van der Waals surface area (Å²) in [5, 5.41) is 0. The van der Waals surface area contributed by atoms with Gasteiger partial charge >= 0.3 is 0 Å². The first-order valence-electron chi connectivity index (χ1n) is 5.73. The Labute approximate surface area is 126 Å². The van der Waals surface area contributed by atoms with Crippen LogP contribution in [0.5, 0.6) is 0 Å². The lowest BCUT2D eigenvalue weighted by atomic mass is 10.1. The van der Waals surface area contributed by atoms with E-state index in [1.807, 2.05) is 0 Å². The molecule has 0 atom stereocenters. The highest BCUT2D eigenvalue weighted by Crippen LogP contribution is 2.53. The van der Waals surface area contributed by atoms with Crippen LogP contribution in [0.25, 0.3) is 0 Å². The van der Waals surface area contributed by atoms with Gasteiger partial charge in [-0.05, 0) is 61.2 Å². The zero-order valence-corrected chi connectivity index (χ0v) is 15.1. The lowest BCUT2D eigenvalue weighted by molar-refractivity contribution is -0.118. The molecule has 2 nitrogen and oxygen atoms in total. The van der Waals surface area contributed by atoms with Crippen molar-refractivity contribution in [1.82, 2.24) is 0 Å².